The predicted octanol–water partition coefficient (Wildman–Crippen LogP) is 4.08. The van der Waals surface area contributed by atoms with Gasteiger partial charge in [-0.15, -0.1) is 0 Å². The summed E-state index contributed by atoms with van der Waals surface area (Å²) in [6.07, 6.45) is 1.23. The Morgan fingerprint density at radius 1 is 1.17 bits per heavy atom. The molecule has 0 aromatic carbocycles. The van der Waals surface area contributed by atoms with Crippen LogP contribution in [0.2, 0.25) is 0 Å². The Morgan fingerprint density at radius 3 is 1.83 bits per heavy atom. The van der Waals surface area contributed by atoms with Gasteiger partial charge in [0.15, 0.2) is 0 Å². The van der Waals surface area contributed by atoms with E-state index >= 15 is 0 Å². The lowest BCUT2D eigenvalue weighted by molar-refractivity contribution is 0.228. The van der Waals surface area contributed by atoms with Crippen LogP contribution in [0, 0.1) is 16.7 Å². The average molecular weight is 186 g/mol. The molecule has 0 saturated heterocycles. The molecule has 0 aliphatic heterocycles. The predicted molar refractivity (Wildman–Crippen MR) is 60.7 cm³/mol. The smallest absolute Gasteiger partial charge is 0.00444 e. The normalized spacial score (nSPS) is 15.8. The van der Waals surface area contributed by atoms with Crippen molar-refractivity contribution in [1.29, 1.82) is 0 Å². The number of thiocarbonyl (C=S) groups is 1. The van der Waals surface area contributed by atoms with Gasteiger partial charge in [0.1, 0.15) is 0 Å². The lowest BCUT2D eigenvalue weighted by atomic mass is 9.73. The van der Waals surface area contributed by atoms with Crippen molar-refractivity contribution in [2.45, 2.75) is 48.0 Å². The van der Waals surface area contributed by atoms with Crippen LogP contribution in [0.4, 0.5) is 0 Å². The van der Waals surface area contributed by atoms with Gasteiger partial charge in [-0.25, -0.2) is 0 Å². The van der Waals surface area contributed by atoms with Gasteiger partial charge in [-0.2, -0.15) is 0 Å². The number of rotatable bonds is 3. The second kappa shape index (κ2) is 3.87. The number of hydrogen-bond donors (Lipinski definition) is 0. The van der Waals surface area contributed by atoms with E-state index in [0.717, 1.165) is 0 Å². The fourth-order valence-electron chi connectivity index (χ4n) is 1.30. The molecule has 0 rings (SSSR count). The minimum Gasteiger partial charge on any atom is -0.0929 e. The van der Waals surface area contributed by atoms with Gasteiger partial charge in [-0.1, -0.05) is 53.8 Å². The first kappa shape index (κ1) is 12.1. The van der Waals surface area contributed by atoms with Crippen LogP contribution in [0.5, 0.6) is 0 Å². The summed E-state index contributed by atoms with van der Waals surface area (Å²) in [5, 5.41) is 1.91. The highest BCUT2D eigenvalue weighted by Gasteiger charge is 2.26. The molecule has 0 nitrogen and oxygen atoms in total. The van der Waals surface area contributed by atoms with E-state index in [4.69, 9.17) is 12.2 Å². The molecule has 0 N–H and O–H groups in total. The number of hydrogen-bond acceptors (Lipinski definition) is 1. The standard InChI is InChI=1S/C11H22S/c1-9(7-10(2,3)4)11(5,6)8-12/h8-9H,7H2,1-6H3. The van der Waals surface area contributed by atoms with Gasteiger partial charge in [-0.05, 0) is 28.5 Å². The Bertz CT molecular complexity index is 151. The van der Waals surface area contributed by atoms with E-state index in [9.17, 15) is 0 Å². The van der Waals surface area contributed by atoms with Crippen molar-refractivity contribution in [3.05, 3.63) is 0 Å². The summed E-state index contributed by atoms with van der Waals surface area (Å²) in [6, 6.07) is 0. The third-order valence-electron chi connectivity index (χ3n) is 2.49. The molecule has 0 heterocycles. The van der Waals surface area contributed by atoms with Crippen LogP contribution in [-0.2, 0) is 0 Å². The van der Waals surface area contributed by atoms with Gasteiger partial charge in [-0.3, -0.25) is 0 Å². The second-order valence-corrected chi connectivity index (χ2v) is 5.84. The first-order chi connectivity index (χ1) is 5.19. The van der Waals surface area contributed by atoms with E-state index in [1.165, 1.54) is 6.42 Å². The maximum atomic E-state index is 5.03. The van der Waals surface area contributed by atoms with Gasteiger partial charge in [0, 0.05) is 0 Å². The molecule has 12 heavy (non-hydrogen) atoms. The first-order valence-corrected chi connectivity index (χ1v) is 5.12. The average Bonchev–Trinajstić information content (AvgIpc) is 1.84. The topological polar surface area (TPSA) is 0 Å². The van der Waals surface area contributed by atoms with Crippen LogP contribution in [-0.4, -0.2) is 5.37 Å². The summed E-state index contributed by atoms with van der Waals surface area (Å²) >= 11 is 5.03. The minimum atomic E-state index is 0.197. The fourth-order valence-corrected chi connectivity index (χ4v) is 1.53. The Hall–Kier alpha value is 0.0900. The first-order valence-electron chi connectivity index (χ1n) is 4.65. The van der Waals surface area contributed by atoms with Crippen LogP contribution in [0.3, 0.4) is 0 Å². The zero-order chi connectivity index (χ0) is 9.99. The zero-order valence-electron chi connectivity index (χ0n) is 9.27. The van der Waals surface area contributed by atoms with Crippen LogP contribution in [0.15, 0.2) is 0 Å². The van der Waals surface area contributed by atoms with E-state index in [1.54, 1.807) is 0 Å². The molecule has 1 heteroatoms. The van der Waals surface area contributed by atoms with Crippen molar-refractivity contribution < 1.29 is 0 Å². The molecule has 0 aromatic heterocycles. The highest BCUT2D eigenvalue weighted by atomic mass is 32.1. The zero-order valence-corrected chi connectivity index (χ0v) is 10.1. The summed E-state index contributed by atoms with van der Waals surface area (Å²) < 4.78 is 0. The van der Waals surface area contributed by atoms with E-state index < -0.39 is 0 Å². The van der Waals surface area contributed by atoms with Crippen LogP contribution >= 0.6 is 12.2 Å². The molecular weight excluding hydrogens is 164 g/mol. The molecule has 72 valence electrons. The van der Waals surface area contributed by atoms with E-state index in [2.05, 4.69) is 41.5 Å². The van der Waals surface area contributed by atoms with Crippen molar-refractivity contribution in [2.24, 2.45) is 16.7 Å². The third kappa shape index (κ3) is 4.20. The third-order valence-corrected chi connectivity index (χ3v) is 3.10. The van der Waals surface area contributed by atoms with Crippen LogP contribution in [0.1, 0.15) is 48.0 Å². The summed E-state index contributed by atoms with van der Waals surface area (Å²) in [7, 11) is 0. The molecule has 0 amide bonds. The Labute approximate surface area is 82.7 Å². The fraction of sp³-hybridized carbons (Fsp3) is 0.909. The Kier molecular flexibility index (Phi) is 3.89. The molecule has 1 atom stereocenters. The van der Waals surface area contributed by atoms with Gasteiger partial charge in [0.25, 0.3) is 0 Å². The van der Waals surface area contributed by atoms with E-state index in [1.807, 2.05) is 5.37 Å². The van der Waals surface area contributed by atoms with E-state index in [-0.39, 0.29) is 5.41 Å². The molecule has 0 aromatic rings. The van der Waals surface area contributed by atoms with Gasteiger partial charge < -0.3 is 0 Å². The minimum absolute atomic E-state index is 0.197. The van der Waals surface area contributed by atoms with Crippen molar-refractivity contribution in [2.75, 3.05) is 0 Å². The maximum absolute atomic E-state index is 5.03. The van der Waals surface area contributed by atoms with Crippen LogP contribution in [0.25, 0.3) is 0 Å². The molecule has 0 bridgehead atoms. The van der Waals surface area contributed by atoms with Crippen molar-refractivity contribution in [1.82, 2.24) is 0 Å². The van der Waals surface area contributed by atoms with Crippen molar-refractivity contribution >= 4 is 17.6 Å². The van der Waals surface area contributed by atoms with Gasteiger partial charge in [0.2, 0.25) is 0 Å². The van der Waals surface area contributed by atoms with E-state index in [0.29, 0.717) is 11.3 Å². The lowest BCUT2D eigenvalue weighted by Gasteiger charge is -2.32. The molecule has 0 aliphatic carbocycles. The van der Waals surface area contributed by atoms with Gasteiger partial charge in [0.05, 0.1) is 0 Å². The molecule has 1 unspecified atom stereocenters. The SMILES string of the molecule is CC(CC(C)(C)C)C(C)(C)C=S. The largest absolute Gasteiger partial charge is 0.0929 e. The summed E-state index contributed by atoms with van der Waals surface area (Å²) in [6.45, 7) is 13.6. The summed E-state index contributed by atoms with van der Waals surface area (Å²) in [5.74, 6) is 0.662. The van der Waals surface area contributed by atoms with Gasteiger partial charge >= 0.3 is 0 Å². The second-order valence-electron chi connectivity index (χ2n) is 5.61. The molecular formula is C11H22S. The summed E-state index contributed by atoms with van der Waals surface area (Å²) in [5.41, 5.74) is 0.609. The van der Waals surface area contributed by atoms with Crippen LogP contribution < -0.4 is 0 Å². The molecule has 0 radical (unpaired) electrons. The monoisotopic (exact) mass is 186 g/mol. The molecule has 0 spiro atoms. The van der Waals surface area contributed by atoms with Crippen molar-refractivity contribution in [3.63, 3.8) is 0 Å². The summed E-state index contributed by atoms with van der Waals surface area (Å²) in [4.78, 5) is 0. The quantitative estimate of drug-likeness (QED) is 0.598. The lowest BCUT2D eigenvalue weighted by Crippen LogP contribution is -2.26. The Balaban J connectivity index is 4.22. The molecule has 0 fully saturated rings. The molecule has 0 saturated carbocycles. The van der Waals surface area contributed by atoms with Crippen molar-refractivity contribution in [3.8, 4) is 0 Å². The maximum Gasteiger partial charge on any atom is -0.00444 e. The molecule has 0 aliphatic rings. The highest BCUT2D eigenvalue weighted by molar-refractivity contribution is 7.79. The Morgan fingerprint density at radius 2 is 1.58 bits per heavy atom. The highest BCUT2D eigenvalue weighted by Crippen LogP contribution is 2.34.